The minimum Gasteiger partial charge on any atom is -0.440 e. The van der Waals surface area contributed by atoms with E-state index in [0.717, 1.165) is 11.4 Å². The van der Waals surface area contributed by atoms with Gasteiger partial charge in [-0.1, -0.05) is 17.7 Å². The summed E-state index contributed by atoms with van der Waals surface area (Å²) in [7, 11) is 1.79. The highest BCUT2D eigenvalue weighted by Crippen LogP contribution is 2.24. The Bertz CT molecular complexity index is 1290. The number of aromatic nitrogens is 5. The van der Waals surface area contributed by atoms with Crippen molar-refractivity contribution < 1.29 is 13.6 Å². The van der Waals surface area contributed by atoms with Gasteiger partial charge in [0.25, 0.3) is 5.89 Å². The average molecular weight is 456 g/mol. The van der Waals surface area contributed by atoms with Crippen molar-refractivity contribution >= 4 is 29.3 Å². The van der Waals surface area contributed by atoms with Gasteiger partial charge in [-0.25, -0.2) is 19.3 Å². The maximum absolute atomic E-state index is 13.4. The Labute approximate surface area is 187 Å². The van der Waals surface area contributed by atoms with E-state index in [1.165, 1.54) is 18.4 Å². The average Bonchev–Trinajstić information content (AvgIpc) is 3.41. The standard InChI is InChI=1S/C21H19ClFN7O2/c1-11-9-24-21(28-17-6-7-25-30(17)3)29-18(11)16-10-32-20(27-16)19(31)26-12(2)13-4-5-15(23)14(22)8-13/h4-10,12H,1-3H3,(H,26,31)(H,24,28,29)/t12-/m1/s1. The molecule has 2 N–H and O–H groups in total. The normalized spacial score (nSPS) is 11.9. The maximum atomic E-state index is 13.4. The SMILES string of the molecule is Cc1cnc(Nc2ccnn2C)nc1-c1coc(C(=O)N[C@H](C)c2ccc(F)c(Cl)c2)n1. The van der Waals surface area contributed by atoms with Crippen molar-refractivity contribution in [2.24, 2.45) is 7.05 Å². The summed E-state index contributed by atoms with van der Waals surface area (Å²) in [6, 6.07) is 5.61. The predicted molar refractivity (Wildman–Crippen MR) is 116 cm³/mol. The van der Waals surface area contributed by atoms with Crippen LogP contribution in [-0.2, 0) is 7.05 Å². The summed E-state index contributed by atoms with van der Waals surface area (Å²) in [5.41, 5.74) is 2.32. The van der Waals surface area contributed by atoms with Gasteiger partial charge in [0.2, 0.25) is 5.95 Å². The number of benzene rings is 1. The van der Waals surface area contributed by atoms with E-state index >= 15 is 0 Å². The summed E-state index contributed by atoms with van der Waals surface area (Å²) in [6.07, 6.45) is 4.66. The van der Waals surface area contributed by atoms with Crippen LogP contribution in [-0.4, -0.2) is 30.6 Å². The highest BCUT2D eigenvalue weighted by atomic mass is 35.5. The summed E-state index contributed by atoms with van der Waals surface area (Å²) in [5, 5.41) is 9.90. The summed E-state index contributed by atoms with van der Waals surface area (Å²) in [4.78, 5) is 25.6. The first-order chi connectivity index (χ1) is 15.3. The first kappa shape index (κ1) is 21.4. The molecule has 0 fully saturated rings. The fourth-order valence-electron chi connectivity index (χ4n) is 2.98. The van der Waals surface area contributed by atoms with Crippen molar-refractivity contribution in [2.45, 2.75) is 19.9 Å². The molecule has 0 spiro atoms. The molecule has 0 radical (unpaired) electrons. The van der Waals surface area contributed by atoms with Crippen LogP contribution >= 0.6 is 11.6 Å². The van der Waals surface area contributed by atoms with Gasteiger partial charge in [0.15, 0.2) is 0 Å². The Morgan fingerprint density at radius 1 is 1.28 bits per heavy atom. The number of nitrogens with one attached hydrogen (secondary N) is 2. The van der Waals surface area contributed by atoms with Gasteiger partial charge in [0, 0.05) is 19.3 Å². The second-order valence-electron chi connectivity index (χ2n) is 7.10. The molecule has 3 heterocycles. The smallest absolute Gasteiger partial charge is 0.307 e. The number of rotatable bonds is 6. The van der Waals surface area contributed by atoms with Gasteiger partial charge < -0.3 is 15.1 Å². The molecule has 0 aliphatic rings. The Morgan fingerprint density at radius 2 is 2.09 bits per heavy atom. The molecule has 1 aromatic carbocycles. The Hall–Kier alpha value is -3.79. The zero-order chi connectivity index (χ0) is 22.8. The van der Waals surface area contributed by atoms with Gasteiger partial charge in [-0.15, -0.1) is 0 Å². The Kier molecular flexibility index (Phi) is 5.87. The molecule has 0 saturated heterocycles. The lowest BCUT2D eigenvalue weighted by molar-refractivity contribution is 0.0905. The van der Waals surface area contributed by atoms with Crippen molar-refractivity contribution in [1.29, 1.82) is 0 Å². The molecular weight excluding hydrogens is 437 g/mol. The van der Waals surface area contributed by atoms with Crippen molar-refractivity contribution in [3.8, 4) is 11.4 Å². The van der Waals surface area contributed by atoms with E-state index in [0.29, 0.717) is 22.9 Å². The molecule has 1 atom stereocenters. The number of aryl methyl sites for hydroxylation is 2. The molecule has 0 saturated carbocycles. The fraction of sp³-hybridized carbons (Fsp3) is 0.190. The molecule has 1 amide bonds. The molecule has 4 rings (SSSR count). The van der Waals surface area contributed by atoms with Gasteiger partial charge in [0.1, 0.15) is 29.3 Å². The lowest BCUT2D eigenvalue weighted by atomic mass is 10.1. The van der Waals surface area contributed by atoms with Crippen LogP contribution in [0.4, 0.5) is 16.2 Å². The molecule has 0 aliphatic heterocycles. The van der Waals surface area contributed by atoms with E-state index < -0.39 is 17.8 Å². The highest BCUT2D eigenvalue weighted by molar-refractivity contribution is 6.30. The van der Waals surface area contributed by atoms with Crippen LogP contribution in [0.1, 0.15) is 34.8 Å². The number of hydrogen-bond acceptors (Lipinski definition) is 7. The third-order valence-corrected chi connectivity index (χ3v) is 5.05. The number of anilines is 2. The quantitative estimate of drug-likeness (QED) is 0.448. The predicted octanol–water partition coefficient (Wildman–Crippen LogP) is 4.20. The first-order valence-corrected chi connectivity index (χ1v) is 10.00. The van der Waals surface area contributed by atoms with Crippen molar-refractivity contribution in [3.05, 3.63) is 70.8 Å². The van der Waals surface area contributed by atoms with Gasteiger partial charge in [-0.2, -0.15) is 5.10 Å². The molecule has 0 aliphatic carbocycles. The Morgan fingerprint density at radius 3 is 2.81 bits per heavy atom. The van der Waals surface area contributed by atoms with Crippen molar-refractivity contribution in [3.63, 3.8) is 0 Å². The van der Waals surface area contributed by atoms with E-state index in [-0.39, 0.29) is 10.9 Å². The molecule has 4 aromatic rings. The van der Waals surface area contributed by atoms with E-state index in [4.69, 9.17) is 16.0 Å². The van der Waals surface area contributed by atoms with E-state index in [1.807, 2.05) is 6.92 Å². The minimum atomic E-state index is -0.524. The monoisotopic (exact) mass is 455 g/mol. The van der Waals surface area contributed by atoms with Gasteiger partial charge in [0.05, 0.1) is 17.3 Å². The topological polar surface area (TPSA) is 111 Å². The van der Waals surface area contributed by atoms with Crippen LogP contribution in [0.3, 0.4) is 0 Å². The Balaban J connectivity index is 1.51. The summed E-state index contributed by atoms with van der Waals surface area (Å²) >= 11 is 5.82. The van der Waals surface area contributed by atoms with E-state index in [1.54, 1.807) is 43.2 Å². The number of oxazole rings is 1. The lowest BCUT2D eigenvalue weighted by Gasteiger charge is -2.13. The van der Waals surface area contributed by atoms with Gasteiger partial charge >= 0.3 is 5.91 Å². The molecule has 0 bridgehead atoms. The number of amides is 1. The lowest BCUT2D eigenvalue weighted by Crippen LogP contribution is -2.27. The molecule has 3 aromatic heterocycles. The molecular formula is C21H19ClFN7O2. The van der Waals surface area contributed by atoms with E-state index in [2.05, 4.69) is 30.7 Å². The van der Waals surface area contributed by atoms with Crippen molar-refractivity contribution in [1.82, 2.24) is 30.0 Å². The number of nitrogens with zero attached hydrogens (tertiary/aromatic N) is 5. The maximum Gasteiger partial charge on any atom is 0.307 e. The summed E-state index contributed by atoms with van der Waals surface area (Å²) in [6.45, 7) is 3.58. The molecule has 32 heavy (non-hydrogen) atoms. The molecule has 11 heteroatoms. The largest absolute Gasteiger partial charge is 0.440 e. The van der Waals surface area contributed by atoms with Crippen LogP contribution < -0.4 is 10.6 Å². The van der Waals surface area contributed by atoms with Crippen LogP contribution in [0.5, 0.6) is 0 Å². The summed E-state index contributed by atoms with van der Waals surface area (Å²) < 4.78 is 20.4. The third-order valence-electron chi connectivity index (χ3n) is 4.76. The zero-order valence-electron chi connectivity index (χ0n) is 17.4. The number of hydrogen-bond donors (Lipinski definition) is 2. The second kappa shape index (κ2) is 8.75. The van der Waals surface area contributed by atoms with Crippen LogP contribution in [0, 0.1) is 12.7 Å². The molecule has 0 unspecified atom stereocenters. The first-order valence-electron chi connectivity index (χ1n) is 9.62. The van der Waals surface area contributed by atoms with Gasteiger partial charge in [-0.3, -0.25) is 9.48 Å². The summed E-state index contributed by atoms with van der Waals surface area (Å²) in [5.74, 6) is -0.105. The fourth-order valence-corrected chi connectivity index (χ4v) is 3.17. The number of carbonyl (C=O) groups excluding carboxylic acids is 1. The number of halogens is 2. The minimum absolute atomic E-state index is 0.0169. The van der Waals surface area contributed by atoms with E-state index in [9.17, 15) is 9.18 Å². The van der Waals surface area contributed by atoms with Crippen LogP contribution in [0.15, 0.2) is 47.3 Å². The van der Waals surface area contributed by atoms with Crippen LogP contribution in [0.2, 0.25) is 5.02 Å². The highest BCUT2D eigenvalue weighted by Gasteiger charge is 2.19. The molecule has 9 nitrogen and oxygen atoms in total. The van der Waals surface area contributed by atoms with Crippen LogP contribution in [0.25, 0.3) is 11.4 Å². The van der Waals surface area contributed by atoms with Gasteiger partial charge in [-0.05, 0) is 37.1 Å². The molecule has 164 valence electrons. The third kappa shape index (κ3) is 4.45. The zero-order valence-corrected chi connectivity index (χ0v) is 18.2. The second-order valence-corrected chi connectivity index (χ2v) is 7.50. The number of carbonyl (C=O) groups is 1. The van der Waals surface area contributed by atoms with Crippen molar-refractivity contribution in [2.75, 3.05) is 5.32 Å².